The molecular weight excluding hydrogens is 272 g/mol. The van der Waals surface area contributed by atoms with E-state index in [1.807, 2.05) is 0 Å². The number of carbonyl (C=O) groups is 2. The molecular formula is C7H4Cl2KNO4. The fourth-order valence-corrected chi connectivity index (χ4v) is 1.19. The number of nitrogens with zero attached hydrogens (tertiary/aromatic N) is 1. The van der Waals surface area contributed by atoms with Crippen LogP contribution in [0.1, 0.15) is 22.3 Å². The van der Waals surface area contributed by atoms with Crippen molar-refractivity contribution in [1.82, 2.24) is 4.98 Å². The maximum atomic E-state index is 10.7. The van der Waals surface area contributed by atoms with E-state index in [4.69, 9.17) is 33.4 Å². The molecule has 1 rings (SSSR count). The molecule has 15 heavy (non-hydrogen) atoms. The minimum absolute atomic E-state index is 0. The molecule has 0 aliphatic carbocycles. The van der Waals surface area contributed by atoms with Gasteiger partial charge in [0.1, 0.15) is 5.56 Å². The van der Waals surface area contributed by atoms with Gasteiger partial charge in [-0.2, -0.15) is 0 Å². The largest absolute Gasteiger partial charge is 1.00 e. The van der Waals surface area contributed by atoms with Crippen LogP contribution in [0.5, 0.6) is 0 Å². The van der Waals surface area contributed by atoms with E-state index in [9.17, 15) is 9.59 Å². The van der Waals surface area contributed by atoms with Gasteiger partial charge in [-0.1, -0.05) is 23.2 Å². The molecule has 0 amide bonds. The van der Waals surface area contributed by atoms with Gasteiger partial charge in [0.2, 0.25) is 0 Å². The van der Waals surface area contributed by atoms with Gasteiger partial charge in [-0.25, -0.2) is 14.6 Å². The van der Waals surface area contributed by atoms with Gasteiger partial charge < -0.3 is 11.6 Å². The molecule has 1 aromatic heterocycles. The summed E-state index contributed by atoms with van der Waals surface area (Å²) in [4.78, 5) is 24.6. The minimum atomic E-state index is -1.48. The molecule has 0 saturated carbocycles. The summed E-state index contributed by atoms with van der Waals surface area (Å²) in [5, 5.41) is 16.8. The maximum absolute atomic E-state index is 10.7. The standard InChI is InChI=1S/C7H3Cl2NO4.K.H/c8-2-1-10-5(7(13)14)3(4(2)9)6(11)12;;/h1H,(H,11,12)(H,13,14);;/q;+1;-1. The molecule has 0 unspecified atom stereocenters. The van der Waals surface area contributed by atoms with Gasteiger partial charge >= 0.3 is 63.3 Å². The first kappa shape index (κ1) is 15.3. The first-order valence-corrected chi connectivity index (χ1v) is 4.01. The molecule has 76 valence electrons. The minimum Gasteiger partial charge on any atom is -1.00 e. The molecule has 0 bridgehead atoms. The Balaban J connectivity index is 0. The van der Waals surface area contributed by atoms with Crippen molar-refractivity contribution in [2.45, 2.75) is 0 Å². The second kappa shape index (κ2) is 6.14. The van der Waals surface area contributed by atoms with Crippen LogP contribution in [0.2, 0.25) is 10.0 Å². The molecule has 1 heterocycles. The SMILES string of the molecule is O=C(O)c1ncc(Cl)c(Cl)c1C(=O)O.[H-].[K+]. The Kier molecular flexibility index (Phi) is 6.27. The first-order valence-electron chi connectivity index (χ1n) is 3.25. The summed E-state index contributed by atoms with van der Waals surface area (Å²) in [7, 11) is 0. The normalized spacial score (nSPS) is 9.20. The predicted molar refractivity (Wildman–Crippen MR) is 49.3 cm³/mol. The van der Waals surface area contributed by atoms with E-state index in [1.165, 1.54) is 0 Å². The van der Waals surface area contributed by atoms with E-state index in [1.54, 1.807) is 0 Å². The summed E-state index contributed by atoms with van der Waals surface area (Å²) in [6, 6.07) is 0. The van der Waals surface area contributed by atoms with Gasteiger partial charge in [0.25, 0.3) is 0 Å². The second-order valence-corrected chi connectivity index (χ2v) is 3.04. The Bertz CT molecular complexity index is 429. The summed E-state index contributed by atoms with van der Waals surface area (Å²) >= 11 is 11.0. The molecule has 0 fully saturated rings. The van der Waals surface area contributed by atoms with Crippen molar-refractivity contribution >= 4 is 35.1 Å². The maximum Gasteiger partial charge on any atom is 1.00 e. The van der Waals surface area contributed by atoms with E-state index in [0.717, 1.165) is 6.20 Å². The number of aromatic nitrogens is 1. The summed E-state index contributed by atoms with van der Waals surface area (Å²) in [6.07, 6.45) is 0.986. The van der Waals surface area contributed by atoms with E-state index < -0.39 is 23.2 Å². The van der Waals surface area contributed by atoms with Crippen molar-refractivity contribution in [2.75, 3.05) is 0 Å². The second-order valence-electron chi connectivity index (χ2n) is 2.25. The summed E-state index contributed by atoms with van der Waals surface area (Å²) in [5.74, 6) is -2.96. The van der Waals surface area contributed by atoms with Gasteiger partial charge in [-0.05, 0) is 0 Å². The Labute approximate surface area is 138 Å². The molecule has 0 aliphatic heterocycles. The third-order valence-electron chi connectivity index (χ3n) is 1.39. The molecule has 0 spiro atoms. The van der Waals surface area contributed by atoms with Crippen molar-refractivity contribution in [1.29, 1.82) is 0 Å². The van der Waals surface area contributed by atoms with Crippen molar-refractivity contribution in [3.8, 4) is 0 Å². The first-order chi connectivity index (χ1) is 6.45. The number of carboxylic acids is 2. The van der Waals surface area contributed by atoms with Gasteiger partial charge in [0.15, 0.2) is 5.69 Å². The van der Waals surface area contributed by atoms with Crippen LogP contribution in [0, 0.1) is 0 Å². The Morgan fingerprint density at radius 2 is 1.80 bits per heavy atom. The Morgan fingerprint density at radius 3 is 2.20 bits per heavy atom. The summed E-state index contributed by atoms with van der Waals surface area (Å²) in [5.41, 5.74) is -1.24. The molecule has 0 radical (unpaired) electrons. The number of aromatic carboxylic acids is 2. The number of halogens is 2. The topological polar surface area (TPSA) is 87.5 Å². The predicted octanol–water partition coefficient (Wildman–Crippen LogP) is -1.10. The van der Waals surface area contributed by atoms with Crippen molar-refractivity contribution < 1.29 is 72.6 Å². The van der Waals surface area contributed by atoms with Crippen LogP contribution in [-0.4, -0.2) is 27.1 Å². The third kappa shape index (κ3) is 3.38. The van der Waals surface area contributed by atoms with Crippen molar-refractivity contribution in [3.63, 3.8) is 0 Å². The fourth-order valence-electron chi connectivity index (χ4n) is 0.823. The van der Waals surface area contributed by atoms with Gasteiger partial charge in [-0.15, -0.1) is 0 Å². The van der Waals surface area contributed by atoms with Crippen LogP contribution in [-0.2, 0) is 0 Å². The van der Waals surface area contributed by atoms with E-state index in [0.29, 0.717) is 0 Å². The Hall–Kier alpha value is 0.306. The van der Waals surface area contributed by atoms with Crippen LogP contribution in [0.3, 0.4) is 0 Å². The number of pyridine rings is 1. The smallest absolute Gasteiger partial charge is 1.00 e. The van der Waals surface area contributed by atoms with Gasteiger partial charge in [0, 0.05) is 6.20 Å². The molecule has 8 heteroatoms. The average Bonchev–Trinajstić information content (AvgIpc) is 2.08. The quantitative estimate of drug-likeness (QED) is 0.670. The Morgan fingerprint density at radius 1 is 1.27 bits per heavy atom. The average molecular weight is 276 g/mol. The fraction of sp³-hybridized carbons (Fsp3) is 0. The van der Waals surface area contributed by atoms with E-state index in [-0.39, 0.29) is 62.9 Å². The van der Waals surface area contributed by atoms with Gasteiger partial charge in [-0.3, -0.25) is 0 Å². The number of carboxylic acid groups (broad SMARTS) is 2. The van der Waals surface area contributed by atoms with Crippen LogP contribution < -0.4 is 51.4 Å². The number of hydrogen-bond acceptors (Lipinski definition) is 3. The number of rotatable bonds is 2. The van der Waals surface area contributed by atoms with Crippen LogP contribution in [0.4, 0.5) is 0 Å². The van der Waals surface area contributed by atoms with E-state index >= 15 is 0 Å². The molecule has 0 atom stereocenters. The van der Waals surface area contributed by atoms with E-state index in [2.05, 4.69) is 4.98 Å². The van der Waals surface area contributed by atoms with Crippen LogP contribution >= 0.6 is 23.2 Å². The molecule has 0 aromatic carbocycles. The van der Waals surface area contributed by atoms with Crippen molar-refractivity contribution in [2.24, 2.45) is 0 Å². The number of hydrogen-bond donors (Lipinski definition) is 2. The molecule has 5 nitrogen and oxygen atoms in total. The monoisotopic (exact) mass is 275 g/mol. The summed E-state index contributed by atoms with van der Waals surface area (Å²) in [6.45, 7) is 0. The van der Waals surface area contributed by atoms with Crippen LogP contribution in [0.25, 0.3) is 0 Å². The van der Waals surface area contributed by atoms with Crippen LogP contribution in [0.15, 0.2) is 6.20 Å². The zero-order valence-electron chi connectivity index (χ0n) is 8.49. The van der Waals surface area contributed by atoms with Gasteiger partial charge in [0.05, 0.1) is 10.0 Å². The molecule has 0 saturated heterocycles. The molecule has 1 aromatic rings. The summed E-state index contributed by atoms with van der Waals surface area (Å²) < 4.78 is 0. The molecule has 2 N–H and O–H groups in total. The zero-order valence-corrected chi connectivity index (χ0v) is 12.1. The third-order valence-corrected chi connectivity index (χ3v) is 2.17. The molecule has 0 aliphatic rings. The zero-order chi connectivity index (χ0) is 10.9. The van der Waals surface area contributed by atoms with Crippen molar-refractivity contribution in [3.05, 3.63) is 27.5 Å².